The van der Waals surface area contributed by atoms with Crippen molar-refractivity contribution in [1.29, 1.82) is 0 Å². The molecule has 7 nitrogen and oxygen atoms in total. The number of hydrogen-bond acceptors (Lipinski definition) is 5. The Morgan fingerprint density at radius 1 is 1.34 bits per heavy atom. The van der Waals surface area contributed by atoms with E-state index < -0.39 is 0 Å². The lowest BCUT2D eigenvalue weighted by Gasteiger charge is -2.61. The first kappa shape index (κ1) is 20.7. The van der Waals surface area contributed by atoms with E-state index in [-0.39, 0.29) is 0 Å². The second-order valence-electron chi connectivity index (χ2n) is 8.40. The fourth-order valence-electron chi connectivity index (χ4n) is 4.85. The fourth-order valence-corrected chi connectivity index (χ4v) is 4.85. The number of hydrogen-bond donors (Lipinski definition) is 2. The molecule has 1 aromatic rings. The van der Waals surface area contributed by atoms with Gasteiger partial charge in [0.15, 0.2) is 5.96 Å². The first-order valence-electron chi connectivity index (χ1n) is 11.3. The van der Waals surface area contributed by atoms with E-state index in [1.807, 2.05) is 12.1 Å². The molecule has 2 aliphatic carbocycles. The SMILES string of the molecule is CCOC1CC(NC(=NCCN2CCOCC2)NCCc2ccco2)C12CCC2. The Bertz CT molecular complexity index is 638. The van der Waals surface area contributed by atoms with Gasteiger partial charge in [0.1, 0.15) is 5.76 Å². The zero-order valence-corrected chi connectivity index (χ0v) is 17.7. The lowest BCUT2D eigenvalue weighted by molar-refractivity contribution is -0.168. The van der Waals surface area contributed by atoms with Crippen molar-refractivity contribution in [2.75, 3.05) is 52.5 Å². The summed E-state index contributed by atoms with van der Waals surface area (Å²) in [7, 11) is 0. The molecular weight excluding hydrogens is 368 g/mol. The van der Waals surface area contributed by atoms with E-state index >= 15 is 0 Å². The van der Waals surface area contributed by atoms with E-state index in [0.29, 0.717) is 17.6 Å². The van der Waals surface area contributed by atoms with Gasteiger partial charge in [-0.3, -0.25) is 9.89 Å². The molecule has 0 aromatic carbocycles. The second kappa shape index (κ2) is 9.96. The van der Waals surface area contributed by atoms with E-state index in [9.17, 15) is 0 Å². The van der Waals surface area contributed by atoms with Crippen LogP contribution in [0.25, 0.3) is 0 Å². The van der Waals surface area contributed by atoms with Gasteiger partial charge in [0.2, 0.25) is 0 Å². The Hall–Kier alpha value is -1.57. The minimum Gasteiger partial charge on any atom is -0.469 e. The molecule has 1 aliphatic heterocycles. The number of ether oxygens (including phenoxy) is 2. The lowest BCUT2D eigenvalue weighted by Crippen LogP contribution is -2.68. The molecule has 1 saturated heterocycles. The van der Waals surface area contributed by atoms with Crippen LogP contribution in [0.3, 0.4) is 0 Å². The zero-order valence-electron chi connectivity index (χ0n) is 17.7. The van der Waals surface area contributed by atoms with Crippen molar-refractivity contribution >= 4 is 5.96 Å². The molecule has 2 saturated carbocycles. The smallest absolute Gasteiger partial charge is 0.191 e. The Balaban J connectivity index is 1.31. The molecule has 2 N–H and O–H groups in total. The van der Waals surface area contributed by atoms with Crippen LogP contribution in [0.5, 0.6) is 0 Å². The van der Waals surface area contributed by atoms with Crippen LogP contribution < -0.4 is 10.6 Å². The highest BCUT2D eigenvalue weighted by atomic mass is 16.5. The van der Waals surface area contributed by atoms with Gasteiger partial charge in [0.05, 0.1) is 32.1 Å². The zero-order chi connectivity index (χ0) is 19.9. The van der Waals surface area contributed by atoms with Gasteiger partial charge in [0, 0.05) is 50.7 Å². The number of rotatable bonds is 9. The van der Waals surface area contributed by atoms with Crippen LogP contribution in [0.4, 0.5) is 0 Å². The second-order valence-corrected chi connectivity index (χ2v) is 8.40. The number of aliphatic imine (C=N–C) groups is 1. The quantitative estimate of drug-likeness (QED) is 0.485. The molecule has 1 spiro atoms. The lowest BCUT2D eigenvalue weighted by atomic mass is 9.51. The monoisotopic (exact) mass is 404 g/mol. The highest BCUT2D eigenvalue weighted by Crippen LogP contribution is 2.57. The molecule has 162 valence electrons. The van der Waals surface area contributed by atoms with Gasteiger partial charge in [-0.1, -0.05) is 6.42 Å². The van der Waals surface area contributed by atoms with E-state index in [2.05, 4.69) is 22.5 Å². The van der Waals surface area contributed by atoms with Crippen molar-refractivity contribution in [1.82, 2.24) is 15.5 Å². The standard InChI is InChI=1S/C22H36N4O3/c1-2-28-20-17-19(22(20)7-4-8-22)25-21(23-9-6-18-5-3-14-29-18)24-10-11-26-12-15-27-16-13-26/h3,5,14,19-20H,2,4,6-13,15-17H2,1H3,(H2,23,24,25). The molecule has 3 aliphatic rings. The maximum absolute atomic E-state index is 6.01. The van der Waals surface area contributed by atoms with Crippen molar-refractivity contribution in [3.8, 4) is 0 Å². The minimum absolute atomic E-state index is 0.323. The normalized spacial score (nSPS) is 26.7. The topological polar surface area (TPSA) is 71.3 Å². The average Bonchev–Trinajstić information content (AvgIpc) is 3.20. The summed E-state index contributed by atoms with van der Waals surface area (Å²) in [5.41, 5.74) is 0.323. The summed E-state index contributed by atoms with van der Waals surface area (Å²) < 4.78 is 16.9. The minimum atomic E-state index is 0.323. The Labute approximate surface area is 174 Å². The first-order chi connectivity index (χ1) is 14.3. The summed E-state index contributed by atoms with van der Waals surface area (Å²) in [5.74, 6) is 1.93. The van der Waals surface area contributed by atoms with E-state index in [4.69, 9.17) is 18.9 Å². The third kappa shape index (κ3) is 4.95. The van der Waals surface area contributed by atoms with E-state index in [0.717, 1.165) is 77.1 Å². The first-order valence-corrected chi connectivity index (χ1v) is 11.3. The van der Waals surface area contributed by atoms with E-state index in [1.165, 1.54) is 19.3 Å². The Morgan fingerprint density at radius 3 is 2.90 bits per heavy atom. The molecule has 0 radical (unpaired) electrons. The highest BCUT2D eigenvalue weighted by Gasteiger charge is 2.59. The molecule has 2 unspecified atom stereocenters. The van der Waals surface area contributed by atoms with Gasteiger partial charge in [-0.2, -0.15) is 0 Å². The van der Waals surface area contributed by atoms with Crippen LogP contribution in [0.1, 0.15) is 38.4 Å². The molecule has 0 bridgehead atoms. The molecule has 4 rings (SSSR count). The summed E-state index contributed by atoms with van der Waals surface area (Å²) >= 11 is 0. The summed E-state index contributed by atoms with van der Waals surface area (Å²) in [5, 5.41) is 7.26. The summed E-state index contributed by atoms with van der Waals surface area (Å²) in [6.45, 7) is 9.17. The van der Waals surface area contributed by atoms with Crippen molar-refractivity contribution in [3.63, 3.8) is 0 Å². The van der Waals surface area contributed by atoms with Crippen LogP contribution in [0.2, 0.25) is 0 Å². The van der Waals surface area contributed by atoms with E-state index in [1.54, 1.807) is 6.26 Å². The van der Waals surface area contributed by atoms with Crippen molar-refractivity contribution in [2.45, 2.75) is 51.2 Å². The van der Waals surface area contributed by atoms with Crippen LogP contribution in [0, 0.1) is 5.41 Å². The molecule has 7 heteroatoms. The number of nitrogens with zero attached hydrogens (tertiary/aromatic N) is 2. The van der Waals surface area contributed by atoms with Crippen molar-refractivity contribution < 1.29 is 13.9 Å². The molecule has 0 amide bonds. The summed E-state index contributed by atoms with van der Waals surface area (Å²) in [6, 6.07) is 4.42. The van der Waals surface area contributed by atoms with Crippen LogP contribution in [-0.2, 0) is 15.9 Å². The maximum atomic E-state index is 6.01. The van der Waals surface area contributed by atoms with Gasteiger partial charge in [-0.25, -0.2) is 0 Å². The largest absolute Gasteiger partial charge is 0.469 e. The van der Waals surface area contributed by atoms with Crippen molar-refractivity contribution in [2.24, 2.45) is 10.4 Å². The summed E-state index contributed by atoms with van der Waals surface area (Å²) in [4.78, 5) is 7.32. The molecule has 2 atom stereocenters. The Kier molecular flexibility index (Phi) is 7.11. The molecule has 2 heterocycles. The maximum Gasteiger partial charge on any atom is 0.191 e. The molecule has 29 heavy (non-hydrogen) atoms. The van der Waals surface area contributed by atoms with Gasteiger partial charge < -0.3 is 24.5 Å². The molecule has 1 aromatic heterocycles. The van der Waals surface area contributed by atoms with Crippen LogP contribution in [-0.4, -0.2) is 75.5 Å². The number of morpholine rings is 1. The van der Waals surface area contributed by atoms with Gasteiger partial charge in [0.25, 0.3) is 0 Å². The molecular formula is C22H36N4O3. The van der Waals surface area contributed by atoms with Crippen molar-refractivity contribution in [3.05, 3.63) is 24.2 Å². The highest BCUT2D eigenvalue weighted by molar-refractivity contribution is 5.80. The van der Waals surface area contributed by atoms with Gasteiger partial charge in [-0.05, 0) is 38.3 Å². The average molecular weight is 405 g/mol. The van der Waals surface area contributed by atoms with Crippen LogP contribution >= 0.6 is 0 Å². The Morgan fingerprint density at radius 2 is 2.21 bits per heavy atom. The summed E-state index contributed by atoms with van der Waals surface area (Å²) in [6.07, 6.45) is 7.93. The number of nitrogens with one attached hydrogen (secondary N) is 2. The van der Waals surface area contributed by atoms with Gasteiger partial charge in [-0.15, -0.1) is 0 Å². The molecule has 3 fully saturated rings. The fraction of sp³-hybridized carbons (Fsp3) is 0.773. The number of furan rings is 1. The predicted octanol–water partition coefficient (Wildman–Crippen LogP) is 2.04. The number of guanidine groups is 1. The van der Waals surface area contributed by atoms with Crippen LogP contribution in [0.15, 0.2) is 27.8 Å². The van der Waals surface area contributed by atoms with Gasteiger partial charge >= 0.3 is 0 Å². The predicted molar refractivity (Wildman–Crippen MR) is 113 cm³/mol. The third-order valence-electron chi connectivity index (χ3n) is 6.78. The third-order valence-corrected chi connectivity index (χ3v) is 6.78.